The highest BCUT2D eigenvalue weighted by atomic mass is 35.5. The lowest BCUT2D eigenvalue weighted by atomic mass is 10.2. The Morgan fingerprint density at radius 2 is 2.00 bits per heavy atom. The van der Waals surface area contributed by atoms with Crippen LogP contribution in [-0.2, 0) is 19.5 Å². The Balaban J connectivity index is 1.77. The van der Waals surface area contributed by atoms with Gasteiger partial charge in [0.25, 0.3) is 5.56 Å². The maximum Gasteiger partial charge on any atom is 0.275 e. The maximum atomic E-state index is 12.1. The summed E-state index contributed by atoms with van der Waals surface area (Å²) in [6.45, 7) is 3.39. The van der Waals surface area contributed by atoms with Gasteiger partial charge in [-0.15, -0.1) is 0 Å². The van der Waals surface area contributed by atoms with E-state index in [1.54, 1.807) is 6.07 Å². The smallest absolute Gasteiger partial charge is 0.275 e. The molecule has 0 fully saturated rings. The van der Waals surface area contributed by atoms with Gasteiger partial charge in [-0.1, -0.05) is 42.0 Å². The first kappa shape index (κ1) is 16.1. The molecule has 1 aromatic carbocycles. The van der Waals surface area contributed by atoms with Crippen LogP contribution in [0.15, 0.2) is 35.1 Å². The van der Waals surface area contributed by atoms with Gasteiger partial charge in [0.05, 0.1) is 5.69 Å². The van der Waals surface area contributed by atoms with Gasteiger partial charge in [0.15, 0.2) is 0 Å². The van der Waals surface area contributed by atoms with Crippen molar-refractivity contribution in [2.24, 2.45) is 0 Å². The molecule has 3 rings (SSSR count). The van der Waals surface area contributed by atoms with Crippen LogP contribution in [0.1, 0.15) is 23.2 Å². The third-order valence-electron chi connectivity index (χ3n) is 3.44. The molecule has 23 heavy (non-hydrogen) atoms. The molecule has 5 nitrogen and oxygen atoms in total. The zero-order valence-electron chi connectivity index (χ0n) is 13.0. The van der Waals surface area contributed by atoms with Crippen LogP contribution in [0.25, 0.3) is 4.96 Å². The summed E-state index contributed by atoms with van der Waals surface area (Å²) in [5.74, 6) is 0. The van der Waals surface area contributed by atoms with Crippen molar-refractivity contribution in [1.82, 2.24) is 19.5 Å². The van der Waals surface area contributed by atoms with E-state index in [0.29, 0.717) is 11.5 Å². The molecule has 0 spiro atoms. The molecule has 0 bridgehead atoms. The summed E-state index contributed by atoms with van der Waals surface area (Å²) in [5.41, 5.74) is 1.80. The van der Waals surface area contributed by atoms with Gasteiger partial charge < -0.3 is 0 Å². The van der Waals surface area contributed by atoms with Gasteiger partial charge in [0.1, 0.15) is 5.01 Å². The van der Waals surface area contributed by atoms with E-state index in [0.717, 1.165) is 28.7 Å². The molecule has 2 heterocycles. The third-order valence-corrected chi connectivity index (χ3v) is 4.74. The lowest BCUT2D eigenvalue weighted by Crippen LogP contribution is -2.21. The predicted octanol–water partition coefficient (Wildman–Crippen LogP) is 3.00. The van der Waals surface area contributed by atoms with E-state index in [2.05, 4.69) is 15.0 Å². The fourth-order valence-electron chi connectivity index (χ4n) is 2.35. The van der Waals surface area contributed by atoms with Crippen LogP contribution < -0.4 is 5.56 Å². The molecule has 7 heteroatoms. The van der Waals surface area contributed by atoms with Crippen LogP contribution in [0.2, 0.25) is 5.02 Å². The number of hydrogen-bond acceptors (Lipinski definition) is 5. The summed E-state index contributed by atoms with van der Waals surface area (Å²) >= 11 is 7.37. The predicted molar refractivity (Wildman–Crippen MR) is 93.1 cm³/mol. The highest BCUT2D eigenvalue weighted by Gasteiger charge is 2.10. The molecule has 0 unspecified atom stereocenters. The van der Waals surface area contributed by atoms with Gasteiger partial charge in [0, 0.05) is 24.2 Å². The molecule has 0 aliphatic heterocycles. The largest absolute Gasteiger partial charge is 0.296 e. The van der Waals surface area contributed by atoms with Crippen molar-refractivity contribution in [1.29, 1.82) is 0 Å². The number of aromatic nitrogens is 3. The molecule has 0 saturated carbocycles. The Hall–Kier alpha value is -1.76. The van der Waals surface area contributed by atoms with E-state index >= 15 is 0 Å². The summed E-state index contributed by atoms with van der Waals surface area (Å²) < 4.78 is 1.38. The quantitative estimate of drug-likeness (QED) is 0.711. The van der Waals surface area contributed by atoms with Crippen LogP contribution >= 0.6 is 22.9 Å². The molecule has 120 valence electrons. The number of halogens is 1. The van der Waals surface area contributed by atoms with Crippen molar-refractivity contribution in [3.05, 3.63) is 62.0 Å². The molecule has 3 aromatic rings. The zero-order valence-corrected chi connectivity index (χ0v) is 14.6. The topological polar surface area (TPSA) is 50.5 Å². The monoisotopic (exact) mass is 348 g/mol. The molecule has 0 atom stereocenters. The number of rotatable bonds is 5. The summed E-state index contributed by atoms with van der Waals surface area (Å²) in [6, 6.07) is 9.32. The van der Waals surface area contributed by atoms with E-state index in [1.165, 1.54) is 21.4 Å². The highest BCUT2D eigenvalue weighted by Crippen LogP contribution is 2.14. The minimum atomic E-state index is -0.124. The number of benzene rings is 1. The first-order valence-corrected chi connectivity index (χ1v) is 8.56. The lowest BCUT2D eigenvalue weighted by Gasteiger charge is -2.16. The van der Waals surface area contributed by atoms with Gasteiger partial charge in [0.2, 0.25) is 4.96 Å². The van der Waals surface area contributed by atoms with Gasteiger partial charge in [-0.05, 0) is 31.2 Å². The summed E-state index contributed by atoms with van der Waals surface area (Å²) in [5, 5.41) is 5.91. The second-order valence-electron chi connectivity index (χ2n) is 5.43. The fourth-order valence-corrected chi connectivity index (χ4v) is 3.34. The molecule has 0 saturated heterocycles. The van der Waals surface area contributed by atoms with Gasteiger partial charge in [-0.3, -0.25) is 9.69 Å². The van der Waals surface area contributed by atoms with Crippen LogP contribution in [0.4, 0.5) is 0 Å². The van der Waals surface area contributed by atoms with Gasteiger partial charge in [-0.2, -0.15) is 9.61 Å². The minimum absolute atomic E-state index is 0.124. The first-order chi connectivity index (χ1) is 11.0. The van der Waals surface area contributed by atoms with Crippen molar-refractivity contribution in [2.45, 2.75) is 26.4 Å². The number of nitrogens with zero attached hydrogens (tertiary/aromatic N) is 4. The van der Waals surface area contributed by atoms with E-state index in [9.17, 15) is 4.79 Å². The average Bonchev–Trinajstić information content (AvgIpc) is 2.93. The molecule has 0 amide bonds. The van der Waals surface area contributed by atoms with Gasteiger partial charge >= 0.3 is 0 Å². The van der Waals surface area contributed by atoms with Crippen LogP contribution in [0, 0.1) is 0 Å². The van der Waals surface area contributed by atoms with Crippen LogP contribution in [0.3, 0.4) is 0 Å². The summed E-state index contributed by atoms with van der Waals surface area (Å²) in [6.07, 6.45) is 0.805. The molecule has 0 N–H and O–H groups in total. The van der Waals surface area contributed by atoms with Crippen molar-refractivity contribution < 1.29 is 0 Å². The Labute approximate surface area is 143 Å². The van der Waals surface area contributed by atoms with Crippen molar-refractivity contribution in [3.8, 4) is 0 Å². The normalized spacial score (nSPS) is 11.5. The Morgan fingerprint density at radius 1 is 1.26 bits per heavy atom. The first-order valence-electron chi connectivity index (χ1n) is 7.37. The van der Waals surface area contributed by atoms with Crippen LogP contribution in [0.5, 0.6) is 0 Å². The molecule has 0 aliphatic carbocycles. The summed E-state index contributed by atoms with van der Waals surface area (Å²) in [7, 11) is 2.00. The number of hydrogen-bond donors (Lipinski definition) is 0. The SMILES string of the molecule is CCc1nn2c(=O)cc(CN(C)Cc3ccc(Cl)cc3)nc2s1. The van der Waals surface area contributed by atoms with E-state index in [1.807, 2.05) is 38.2 Å². The fraction of sp³-hybridized carbons (Fsp3) is 0.312. The van der Waals surface area contributed by atoms with Crippen molar-refractivity contribution >= 4 is 27.9 Å². The Bertz CT molecular complexity index is 872. The molecule has 0 radical (unpaired) electrons. The van der Waals surface area contributed by atoms with Gasteiger partial charge in [-0.25, -0.2) is 4.98 Å². The third kappa shape index (κ3) is 3.77. The van der Waals surface area contributed by atoms with E-state index in [4.69, 9.17) is 11.6 Å². The maximum absolute atomic E-state index is 12.1. The molecule has 2 aromatic heterocycles. The van der Waals surface area contributed by atoms with E-state index in [-0.39, 0.29) is 5.56 Å². The van der Waals surface area contributed by atoms with E-state index < -0.39 is 0 Å². The van der Waals surface area contributed by atoms with Crippen molar-refractivity contribution in [2.75, 3.05) is 7.05 Å². The Kier molecular flexibility index (Phi) is 4.75. The second kappa shape index (κ2) is 6.78. The highest BCUT2D eigenvalue weighted by molar-refractivity contribution is 7.16. The minimum Gasteiger partial charge on any atom is -0.296 e. The zero-order chi connectivity index (χ0) is 16.4. The van der Waals surface area contributed by atoms with Crippen molar-refractivity contribution in [3.63, 3.8) is 0 Å². The standard InChI is InChI=1S/C16H17ClN4OS/c1-3-14-19-21-15(22)8-13(18-16(21)23-14)10-20(2)9-11-4-6-12(17)7-5-11/h4-8H,3,9-10H2,1-2H3. The lowest BCUT2D eigenvalue weighted by molar-refractivity contribution is 0.315. The molecule has 0 aliphatic rings. The second-order valence-corrected chi connectivity index (χ2v) is 6.91. The molecular formula is C16H17ClN4OS. The number of aryl methyl sites for hydroxylation is 1. The molecular weight excluding hydrogens is 332 g/mol. The average molecular weight is 349 g/mol. The van der Waals surface area contributed by atoms with Crippen LogP contribution in [-0.4, -0.2) is 26.5 Å². The number of fused-ring (bicyclic) bond motifs is 1. The Morgan fingerprint density at radius 3 is 2.70 bits per heavy atom. The summed E-state index contributed by atoms with van der Waals surface area (Å²) in [4.78, 5) is 19.5.